The summed E-state index contributed by atoms with van der Waals surface area (Å²) >= 11 is 0. The molecule has 5 heteroatoms. The Hall–Kier alpha value is -3.60. The normalized spacial score (nSPS) is 16.4. The lowest BCUT2D eigenvalue weighted by molar-refractivity contribution is 0.0793. The summed E-state index contributed by atoms with van der Waals surface area (Å²) in [5.41, 5.74) is 5.57. The molecule has 3 aromatic carbocycles. The van der Waals surface area contributed by atoms with E-state index in [0.29, 0.717) is 22.7 Å². The number of carbonyl (C=O) groups is 2. The molecule has 2 fully saturated rings. The van der Waals surface area contributed by atoms with Crippen molar-refractivity contribution in [2.45, 2.75) is 58.3 Å². The van der Waals surface area contributed by atoms with E-state index in [0.717, 1.165) is 64.0 Å². The third kappa shape index (κ3) is 6.52. The van der Waals surface area contributed by atoms with Gasteiger partial charge < -0.3 is 15.1 Å². The van der Waals surface area contributed by atoms with E-state index >= 15 is 0 Å². The van der Waals surface area contributed by atoms with Gasteiger partial charge in [0.2, 0.25) is 0 Å². The molecule has 5 nitrogen and oxygen atoms in total. The highest BCUT2D eigenvalue weighted by molar-refractivity contribution is 6.06. The van der Waals surface area contributed by atoms with Gasteiger partial charge in [-0.05, 0) is 84.9 Å². The molecule has 2 amide bonds. The lowest BCUT2D eigenvalue weighted by Gasteiger charge is -2.35. The van der Waals surface area contributed by atoms with Crippen molar-refractivity contribution in [2.75, 3.05) is 36.4 Å². The van der Waals surface area contributed by atoms with Gasteiger partial charge in [0, 0.05) is 43.1 Å². The number of rotatable bonds is 6. The molecule has 2 aliphatic rings. The number of carbonyl (C=O) groups excluding carboxylic acids is 2. The summed E-state index contributed by atoms with van der Waals surface area (Å²) in [4.78, 5) is 31.0. The summed E-state index contributed by atoms with van der Waals surface area (Å²) in [6.07, 6.45) is 5.42. The van der Waals surface area contributed by atoms with Crippen LogP contribution >= 0.6 is 0 Å². The van der Waals surface area contributed by atoms with Gasteiger partial charge in [-0.2, -0.15) is 0 Å². The van der Waals surface area contributed by atoms with Crippen molar-refractivity contribution in [1.82, 2.24) is 4.90 Å². The predicted octanol–water partition coefficient (Wildman–Crippen LogP) is 6.93. The van der Waals surface area contributed by atoms with Crippen LogP contribution in [0.25, 0.3) is 0 Å². The zero-order chi connectivity index (χ0) is 27.4. The Bertz CT molecular complexity index is 1280. The summed E-state index contributed by atoms with van der Waals surface area (Å²) in [6, 6.07) is 24.4. The first-order valence-corrected chi connectivity index (χ1v) is 14.4. The molecule has 0 atom stereocenters. The molecule has 0 aromatic heterocycles. The molecule has 2 saturated heterocycles. The lowest BCUT2D eigenvalue weighted by Crippen LogP contribution is -2.36. The zero-order valence-corrected chi connectivity index (χ0v) is 23.6. The van der Waals surface area contributed by atoms with Crippen LogP contribution in [0.15, 0.2) is 72.8 Å². The van der Waals surface area contributed by atoms with Crippen LogP contribution in [-0.4, -0.2) is 42.9 Å². The SMILES string of the molecule is CC(C)(C)c1ccc(C(=O)Nc2ccc(N3CCC(Cc4ccccc4)CC3)c(C(=O)N3CCCC3)c2)cc1. The van der Waals surface area contributed by atoms with E-state index in [1.807, 2.05) is 47.4 Å². The van der Waals surface area contributed by atoms with Gasteiger partial charge in [-0.1, -0.05) is 63.2 Å². The molecule has 0 bridgehead atoms. The molecule has 0 spiro atoms. The van der Waals surface area contributed by atoms with E-state index in [9.17, 15) is 9.59 Å². The number of nitrogens with zero attached hydrogens (tertiary/aromatic N) is 2. The molecular weight excluding hydrogens is 482 g/mol. The molecule has 204 valence electrons. The van der Waals surface area contributed by atoms with Gasteiger partial charge in [-0.15, -0.1) is 0 Å². The summed E-state index contributed by atoms with van der Waals surface area (Å²) < 4.78 is 0. The van der Waals surface area contributed by atoms with Crippen molar-refractivity contribution >= 4 is 23.2 Å². The Morgan fingerprint density at radius 2 is 1.51 bits per heavy atom. The van der Waals surface area contributed by atoms with Crippen LogP contribution in [0.4, 0.5) is 11.4 Å². The maximum atomic E-state index is 13.6. The highest BCUT2D eigenvalue weighted by atomic mass is 16.2. The molecule has 5 rings (SSSR count). The van der Waals surface area contributed by atoms with Crippen LogP contribution in [0.2, 0.25) is 0 Å². The standard InChI is InChI=1S/C34H41N3O2/c1-34(2,3)28-13-11-27(12-14-28)32(38)35-29-15-16-31(30(24-29)33(39)37-19-7-8-20-37)36-21-17-26(18-22-36)23-25-9-5-4-6-10-25/h4-6,9-16,24,26H,7-8,17-23H2,1-3H3,(H,35,38). The van der Waals surface area contributed by atoms with E-state index in [4.69, 9.17) is 0 Å². The molecular formula is C34H41N3O2. The average Bonchev–Trinajstić information content (AvgIpc) is 3.49. The minimum Gasteiger partial charge on any atom is -0.371 e. The van der Waals surface area contributed by atoms with Gasteiger partial charge >= 0.3 is 0 Å². The summed E-state index contributed by atoms with van der Waals surface area (Å²) in [6.45, 7) is 9.95. The molecule has 3 aromatic rings. The molecule has 0 unspecified atom stereocenters. The van der Waals surface area contributed by atoms with Gasteiger partial charge in [-0.25, -0.2) is 0 Å². The van der Waals surface area contributed by atoms with E-state index < -0.39 is 0 Å². The second-order valence-electron chi connectivity index (χ2n) is 12.1. The number of likely N-dealkylation sites (tertiary alicyclic amines) is 1. The van der Waals surface area contributed by atoms with E-state index in [-0.39, 0.29) is 17.2 Å². The number of nitrogens with one attached hydrogen (secondary N) is 1. The Kier molecular flexibility index (Phi) is 8.06. The number of anilines is 2. The second-order valence-corrected chi connectivity index (χ2v) is 12.1. The monoisotopic (exact) mass is 523 g/mol. The average molecular weight is 524 g/mol. The van der Waals surface area contributed by atoms with Gasteiger partial charge in [0.25, 0.3) is 11.8 Å². The number of benzene rings is 3. The van der Waals surface area contributed by atoms with Gasteiger partial charge in [0.15, 0.2) is 0 Å². The molecule has 2 heterocycles. The fraction of sp³-hybridized carbons (Fsp3) is 0.412. The number of hydrogen-bond donors (Lipinski definition) is 1. The van der Waals surface area contributed by atoms with E-state index in [1.54, 1.807) is 0 Å². The van der Waals surface area contributed by atoms with Crippen LogP contribution in [0, 0.1) is 5.92 Å². The van der Waals surface area contributed by atoms with Crippen LogP contribution in [0.5, 0.6) is 0 Å². The number of hydrogen-bond acceptors (Lipinski definition) is 3. The highest BCUT2D eigenvalue weighted by Crippen LogP contribution is 2.32. The molecule has 0 aliphatic carbocycles. The Labute approximate surface area is 233 Å². The van der Waals surface area contributed by atoms with Crippen LogP contribution in [-0.2, 0) is 11.8 Å². The Balaban J connectivity index is 1.32. The molecule has 0 radical (unpaired) electrons. The van der Waals surface area contributed by atoms with Crippen molar-refractivity contribution in [3.8, 4) is 0 Å². The maximum Gasteiger partial charge on any atom is 0.256 e. The van der Waals surface area contributed by atoms with Crippen molar-refractivity contribution in [1.29, 1.82) is 0 Å². The smallest absolute Gasteiger partial charge is 0.256 e. The lowest BCUT2D eigenvalue weighted by atomic mass is 9.87. The van der Waals surface area contributed by atoms with Crippen molar-refractivity contribution in [3.05, 3.63) is 95.1 Å². The third-order valence-electron chi connectivity index (χ3n) is 8.21. The summed E-state index contributed by atoms with van der Waals surface area (Å²) in [5.74, 6) is 0.564. The summed E-state index contributed by atoms with van der Waals surface area (Å²) in [5, 5.41) is 3.04. The van der Waals surface area contributed by atoms with Crippen molar-refractivity contribution < 1.29 is 9.59 Å². The Morgan fingerprint density at radius 3 is 2.15 bits per heavy atom. The third-order valence-corrected chi connectivity index (χ3v) is 8.21. The topological polar surface area (TPSA) is 52.7 Å². The van der Waals surface area contributed by atoms with Gasteiger partial charge in [0.1, 0.15) is 0 Å². The first-order chi connectivity index (χ1) is 18.8. The number of piperidine rings is 1. The molecule has 1 N–H and O–H groups in total. The Morgan fingerprint density at radius 1 is 0.846 bits per heavy atom. The maximum absolute atomic E-state index is 13.6. The first-order valence-electron chi connectivity index (χ1n) is 14.4. The van der Waals surface area contributed by atoms with Crippen LogP contribution < -0.4 is 10.2 Å². The van der Waals surface area contributed by atoms with Gasteiger partial charge in [-0.3, -0.25) is 9.59 Å². The fourth-order valence-electron chi connectivity index (χ4n) is 5.80. The van der Waals surface area contributed by atoms with Gasteiger partial charge in [0.05, 0.1) is 5.56 Å². The summed E-state index contributed by atoms with van der Waals surface area (Å²) in [7, 11) is 0. The van der Waals surface area contributed by atoms with E-state index in [2.05, 4.69) is 61.3 Å². The van der Waals surface area contributed by atoms with Crippen molar-refractivity contribution in [3.63, 3.8) is 0 Å². The fourth-order valence-corrected chi connectivity index (χ4v) is 5.80. The molecule has 2 aliphatic heterocycles. The quantitative estimate of drug-likeness (QED) is 0.381. The van der Waals surface area contributed by atoms with Crippen LogP contribution in [0.3, 0.4) is 0 Å². The minimum atomic E-state index is -0.162. The highest BCUT2D eigenvalue weighted by Gasteiger charge is 2.27. The predicted molar refractivity (Wildman–Crippen MR) is 160 cm³/mol. The number of amides is 2. The largest absolute Gasteiger partial charge is 0.371 e. The van der Waals surface area contributed by atoms with E-state index in [1.165, 1.54) is 11.1 Å². The zero-order valence-electron chi connectivity index (χ0n) is 23.6. The van der Waals surface area contributed by atoms with Crippen molar-refractivity contribution in [2.24, 2.45) is 5.92 Å². The first kappa shape index (κ1) is 27.0. The minimum absolute atomic E-state index is 0.0334. The molecule has 39 heavy (non-hydrogen) atoms. The second kappa shape index (κ2) is 11.6. The van der Waals surface area contributed by atoms with Crippen LogP contribution in [0.1, 0.15) is 78.3 Å². The molecule has 0 saturated carbocycles.